The maximum Gasteiger partial charge on any atom is 0.343 e. The first-order chi connectivity index (χ1) is 43.1. The first-order valence-corrected chi connectivity index (χ1v) is 31.2. The summed E-state index contributed by atoms with van der Waals surface area (Å²) in [5, 5.41) is 20.2. The van der Waals surface area contributed by atoms with Crippen LogP contribution in [-0.4, -0.2) is 156 Å². The van der Waals surface area contributed by atoms with Gasteiger partial charge >= 0.3 is 5.97 Å². The number of carbonyl (C=O) groups is 10. The van der Waals surface area contributed by atoms with Gasteiger partial charge in [0, 0.05) is 92.6 Å². The van der Waals surface area contributed by atoms with E-state index in [2.05, 4.69) is 16.0 Å². The maximum absolute atomic E-state index is 15.5. The second kappa shape index (κ2) is 29.4. The molecule has 23 nitrogen and oxygen atoms in total. The van der Waals surface area contributed by atoms with E-state index in [1.165, 1.54) is 15.5 Å². The molecule has 1 saturated carbocycles. The summed E-state index contributed by atoms with van der Waals surface area (Å²) in [5.74, 6) is -5.42. The van der Waals surface area contributed by atoms with E-state index < -0.39 is 70.3 Å². The van der Waals surface area contributed by atoms with Crippen molar-refractivity contribution in [1.82, 2.24) is 35.3 Å². The topological polar surface area (TPSA) is 305 Å². The van der Waals surface area contributed by atoms with Crippen molar-refractivity contribution < 1.29 is 76.4 Å². The summed E-state index contributed by atoms with van der Waals surface area (Å²) >= 11 is 0. The van der Waals surface area contributed by atoms with Crippen molar-refractivity contribution in [2.24, 2.45) is 23.7 Å². The highest BCUT2D eigenvalue weighted by atomic mass is 19.1. The van der Waals surface area contributed by atoms with Crippen molar-refractivity contribution in [2.75, 3.05) is 66.3 Å². The molecule has 4 N–H and O–H groups in total. The number of rotatable bonds is 30. The highest BCUT2D eigenvalue weighted by molar-refractivity contribution is 6.03. The molecular formula is C66H80FN7O16. The molecule has 2 aromatic carbocycles. The number of hydrogen-bond acceptors (Lipinski definition) is 17. The lowest BCUT2D eigenvalue weighted by molar-refractivity contribution is -0.172. The van der Waals surface area contributed by atoms with E-state index in [1.54, 1.807) is 70.0 Å². The Morgan fingerprint density at radius 3 is 2.32 bits per heavy atom. The minimum absolute atomic E-state index is 0.0478. The number of imide groups is 1. The van der Waals surface area contributed by atoms with Gasteiger partial charge < -0.3 is 49.5 Å². The van der Waals surface area contributed by atoms with Crippen molar-refractivity contribution >= 4 is 69.7 Å². The van der Waals surface area contributed by atoms with Gasteiger partial charge in [0.1, 0.15) is 25.1 Å². The molecule has 24 heteroatoms. The highest BCUT2D eigenvalue weighted by Gasteiger charge is 2.47. The number of aliphatic hydroxyl groups is 1. The minimum atomic E-state index is -2.06. The number of likely N-dealkylation sites (tertiary alicyclic amines) is 1. The molecule has 9 rings (SSSR count). The molecule has 0 radical (unpaired) electrons. The Morgan fingerprint density at radius 2 is 1.60 bits per heavy atom. The van der Waals surface area contributed by atoms with E-state index >= 15 is 4.39 Å². The Morgan fingerprint density at radius 1 is 0.867 bits per heavy atom. The van der Waals surface area contributed by atoms with E-state index in [1.807, 2.05) is 6.07 Å². The fourth-order valence-corrected chi connectivity index (χ4v) is 13.0. The van der Waals surface area contributed by atoms with Crippen LogP contribution in [0.1, 0.15) is 136 Å². The van der Waals surface area contributed by atoms with Gasteiger partial charge in [0.15, 0.2) is 23.0 Å². The lowest BCUT2D eigenvalue weighted by Gasteiger charge is -2.36. The first-order valence-electron chi connectivity index (χ1n) is 31.2. The average Bonchev–Trinajstić information content (AvgIpc) is 1.46. The third kappa shape index (κ3) is 14.9. The molecule has 482 valence electrons. The predicted molar refractivity (Wildman–Crippen MR) is 322 cm³/mol. The number of amides is 6. The zero-order valence-electron chi connectivity index (χ0n) is 51.7. The second-order valence-electron chi connectivity index (χ2n) is 24.4. The monoisotopic (exact) mass is 1250 g/mol. The number of hydrogen-bond donors (Lipinski definition) is 4. The molecule has 2 aliphatic carbocycles. The lowest BCUT2D eigenvalue weighted by atomic mass is 9.81. The number of aryl methyl sites for hydroxylation is 1. The smallest absolute Gasteiger partial charge is 0.343 e. The number of carbonyl (C=O) groups excluding carboxylic acids is 10. The number of aromatic nitrogens is 2. The number of pyridine rings is 2. The van der Waals surface area contributed by atoms with Crippen LogP contribution in [0.2, 0.25) is 0 Å². The van der Waals surface area contributed by atoms with Crippen LogP contribution in [0.4, 0.5) is 4.39 Å². The Kier molecular flexibility index (Phi) is 21.7. The Bertz CT molecular complexity index is 3530. The van der Waals surface area contributed by atoms with Gasteiger partial charge in [-0.25, -0.2) is 14.2 Å². The van der Waals surface area contributed by atoms with Crippen LogP contribution in [0.3, 0.4) is 0 Å². The summed E-state index contributed by atoms with van der Waals surface area (Å²) in [6, 6.07) is 11.3. The van der Waals surface area contributed by atoms with Crippen LogP contribution in [0, 0.1) is 36.4 Å². The fraction of sp³-hybridized carbons (Fsp3) is 0.545. The van der Waals surface area contributed by atoms with Crippen LogP contribution >= 0.6 is 0 Å². The molecule has 0 bridgehead atoms. The van der Waals surface area contributed by atoms with Gasteiger partial charge in [-0.3, -0.25) is 52.8 Å². The van der Waals surface area contributed by atoms with Crippen LogP contribution < -0.4 is 21.5 Å². The van der Waals surface area contributed by atoms with Crippen molar-refractivity contribution in [3.8, 4) is 11.4 Å². The number of likely N-dealkylation sites (N-methyl/N-ethyl adjacent to an activating group) is 1. The third-order valence-corrected chi connectivity index (χ3v) is 18.3. The number of halogens is 1. The van der Waals surface area contributed by atoms with E-state index in [0.717, 1.165) is 24.0 Å². The fourth-order valence-electron chi connectivity index (χ4n) is 13.0. The molecule has 6 amide bonds. The number of nitrogens with one attached hydrogen (secondary N) is 3. The minimum Gasteiger partial charge on any atom is -0.458 e. The quantitative estimate of drug-likeness (QED) is 0.0286. The number of ketones is 3. The molecular weight excluding hydrogens is 1170 g/mol. The van der Waals surface area contributed by atoms with Crippen LogP contribution in [0.15, 0.2) is 47.3 Å². The van der Waals surface area contributed by atoms with Crippen LogP contribution in [-0.2, 0) is 98.5 Å². The van der Waals surface area contributed by atoms with Gasteiger partial charge in [0.25, 0.3) is 11.5 Å². The summed E-state index contributed by atoms with van der Waals surface area (Å²) < 4.78 is 39.1. The van der Waals surface area contributed by atoms with Gasteiger partial charge in [0.05, 0.1) is 74.6 Å². The molecule has 4 aromatic rings. The van der Waals surface area contributed by atoms with Crippen LogP contribution in [0.5, 0.6) is 0 Å². The highest BCUT2D eigenvalue weighted by Crippen LogP contribution is 2.47. The molecule has 0 spiro atoms. The van der Waals surface area contributed by atoms with E-state index in [9.17, 15) is 57.8 Å². The van der Waals surface area contributed by atoms with E-state index in [4.69, 9.17) is 23.9 Å². The predicted octanol–water partition coefficient (Wildman–Crippen LogP) is 4.09. The number of ether oxygens (including phenoxy) is 4. The van der Waals surface area contributed by atoms with Crippen molar-refractivity contribution in [2.45, 2.75) is 142 Å². The number of esters is 1. The van der Waals surface area contributed by atoms with Gasteiger partial charge in [-0.1, -0.05) is 44.2 Å². The normalized spacial score (nSPS) is 20.6. The number of benzene rings is 2. The molecule has 2 fully saturated rings. The summed E-state index contributed by atoms with van der Waals surface area (Å²) in [6.07, 6.45) is 2.30. The first kappa shape index (κ1) is 66.5. The molecule has 2 aromatic heterocycles. The second-order valence-corrected chi connectivity index (χ2v) is 24.4. The molecule has 5 aliphatic rings. The van der Waals surface area contributed by atoms with Gasteiger partial charge in [-0.15, -0.1) is 0 Å². The zero-order chi connectivity index (χ0) is 64.6. The Balaban J connectivity index is 0.680. The molecule has 90 heavy (non-hydrogen) atoms. The Labute approximate surface area is 520 Å². The molecule has 5 heterocycles. The van der Waals surface area contributed by atoms with Crippen LogP contribution in [0.25, 0.3) is 22.3 Å². The zero-order valence-corrected chi connectivity index (χ0v) is 51.7. The number of Topliss-reactive ketones (excluding diaryl/α,β-unsaturated/α-hetero) is 3. The molecule has 3 aliphatic heterocycles. The molecule has 5 atom stereocenters. The maximum atomic E-state index is 15.5. The third-order valence-electron chi connectivity index (χ3n) is 18.3. The SMILES string of the molecule is CC[C@@]1(O)C(=O)OCc2c1cc1n(c2=O)Cc2c-1nc1cc(F)c(C)c3c1c2[C@@H](N(C)C(=O)[C@H](C)OCCC(=O)CNC(=O)[C@@H](CC(=O)CNC(=O)CCC(=O)COCCOCCNC(=O)C1CCC(CN2C(=O)CC(C)C2=O)CC1)Cc1ccccc1)CC3. The summed E-state index contributed by atoms with van der Waals surface area (Å²) in [5.41, 5.74) is 2.11. The standard InChI is InChI=1S/C66H80FN7O16/c1-6-66(86)50-29-54-59-48(34-73(54)64(84)49(50)36-90-65(66)85)58-53(18-17-47-38(3)51(67)30-52(71-59)57(47)58)72(5)63(83)39(4)89-22-20-44(75)31-70-61(81)43(27-40-10-8-7-9-11-40)28-46(77)32-69-55(78)19-16-45(76)35-88-25-24-87-23-21-68-60(80)42-14-12-41(13-15-42)33-74-56(79)26-37(2)62(74)82/h7-11,29-30,37,39,41-43,53,86H,6,12-28,31-36H2,1-5H3,(H,68,80)(H,69,78)(H,70,81)/t37?,39-,41?,42?,43+,53-,66-/m0/s1. The van der Waals surface area contributed by atoms with E-state index in [-0.39, 0.29) is 157 Å². The summed E-state index contributed by atoms with van der Waals surface area (Å²) in [6.45, 7) is 6.43. The average molecular weight is 1250 g/mol. The van der Waals surface area contributed by atoms with Crippen molar-refractivity contribution in [1.29, 1.82) is 0 Å². The Hall–Kier alpha value is -7.93. The molecule has 1 saturated heterocycles. The van der Waals surface area contributed by atoms with Gasteiger partial charge in [-0.2, -0.15) is 0 Å². The summed E-state index contributed by atoms with van der Waals surface area (Å²) in [7, 11) is 1.63. The van der Waals surface area contributed by atoms with E-state index in [0.29, 0.717) is 77.8 Å². The van der Waals surface area contributed by atoms with Gasteiger partial charge in [-0.05, 0) is 99.5 Å². The largest absolute Gasteiger partial charge is 0.458 e. The van der Waals surface area contributed by atoms with Crippen molar-refractivity contribution in [3.05, 3.63) is 97.6 Å². The number of fused-ring (bicyclic) bond motifs is 5. The van der Waals surface area contributed by atoms with Crippen molar-refractivity contribution in [3.63, 3.8) is 0 Å². The summed E-state index contributed by atoms with van der Waals surface area (Å²) in [4.78, 5) is 151. The number of nitrogens with zero attached hydrogens (tertiary/aromatic N) is 4. The lowest BCUT2D eigenvalue weighted by Crippen LogP contribution is -2.44. The molecule has 1 unspecified atom stereocenters. The van der Waals surface area contributed by atoms with Gasteiger partial charge in [0.2, 0.25) is 29.5 Å². The number of cyclic esters (lactones) is 1.